The fourth-order valence-corrected chi connectivity index (χ4v) is 2.37. The number of anilines is 2. The van der Waals surface area contributed by atoms with Crippen LogP contribution in [0.25, 0.3) is 0 Å². The van der Waals surface area contributed by atoms with Gasteiger partial charge in [0, 0.05) is 24.7 Å². The first kappa shape index (κ1) is 13.7. The van der Waals surface area contributed by atoms with Crippen LogP contribution in [0.1, 0.15) is 37.6 Å². The average Bonchev–Trinajstić information content (AvgIpc) is 2.43. The van der Waals surface area contributed by atoms with Crippen molar-refractivity contribution in [1.82, 2.24) is 5.32 Å². The van der Waals surface area contributed by atoms with Gasteiger partial charge in [-0.1, -0.05) is 20.8 Å². The molecular weight excluding hydrogens is 238 g/mol. The van der Waals surface area contributed by atoms with Gasteiger partial charge in [0.05, 0.1) is 11.4 Å². The van der Waals surface area contributed by atoms with Crippen LogP contribution in [0.3, 0.4) is 0 Å². The van der Waals surface area contributed by atoms with Gasteiger partial charge in [0.1, 0.15) is 0 Å². The van der Waals surface area contributed by atoms with Crippen molar-refractivity contribution in [2.75, 3.05) is 23.7 Å². The zero-order valence-corrected chi connectivity index (χ0v) is 11.9. The molecule has 1 amide bonds. The Balaban J connectivity index is 2.11. The van der Waals surface area contributed by atoms with Gasteiger partial charge >= 0.3 is 0 Å². The molecule has 1 aromatic rings. The Hall–Kier alpha value is -1.71. The van der Waals surface area contributed by atoms with Crippen LogP contribution < -0.4 is 16.0 Å². The van der Waals surface area contributed by atoms with E-state index in [1.54, 1.807) is 0 Å². The van der Waals surface area contributed by atoms with Crippen molar-refractivity contribution in [2.45, 2.75) is 33.2 Å². The van der Waals surface area contributed by atoms with Crippen LogP contribution >= 0.6 is 0 Å². The summed E-state index contributed by atoms with van der Waals surface area (Å²) in [6.45, 7) is 8.17. The zero-order chi connectivity index (χ0) is 13.8. The summed E-state index contributed by atoms with van der Waals surface area (Å²) in [7, 11) is 0. The summed E-state index contributed by atoms with van der Waals surface area (Å²) in [5.74, 6) is 0.460. The Morgan fingerprint density at radius 1 is 1.26 bits per heavy atom. The highest BCUT2D eigenvalue weighted by atomic mass is 16.1. The molecule has 19 heavy (non-hydrogen) atoms. The maximum absolute atomic E-state index is 12.2. The minimum atomic E-state index is 0.00993. The molecule has 1 heterocycles. The van der Waals surface area contributed by atoms with Gasteiger partial charge in [-0.25, -0.2) is 0 Å². The van der Waals surface area contributed by atoms with Crippen molar-refractivity contribution < 1.29 is 4.79 Å². The highest BCUT2D eigenvalue weighted by molar-refractivity contribution is 5.96. The van der Waals surface area contributed by atoms with Crippen molar-refractivity contribution in [1.29, 1.82) is 0 Å². The highest BCUT2D eigenvalue weighted by Crippen LogP contribution is 2.25. The first-order valence-corrected chi connectivity index (χ1v) is 7.04. The Morgan fingerprint density at radius 3 is 2.58 bits per heavy atom. The average molecular weight is 261 g/mol. The minimum absolute atomic E-state index is 0.00993. The predicted molar refractivity (Wildman–Crippen MR) is 79.8 cm³/mol. The minimum Gasteiger partial charge on any atom is -0.382 e. The van der Waals surface area contributed by atoms with E-state index in [2.05, 4.69) is 36.7 Å². The molecule has 0 fully saturated rings. The molecule has 0 aromatic heterocycles. The number of carbonyl (C=O) groups is 1. The summed E-state index contributed by atoms with van der Waals surface area (Å²) in [5, 5.41) is 9.71. The predicted octanol–water partition coefficient (Wildman–Crippen LogP) is 2.69. The SMILES string of the molecule is CCC(NC(=O)c1ccc2c(c1)NCCN2)C(C)C. The lowest BCUT2D eigenvalue weighted by molar-refractivity contribution is 0.0924. The second-order valence-corrected chi connectivity index (χ2v) is 5.35. The zero-order valence-electron chi connectivity index (χ0n) is 11.9. The van der Waals surface area contributed by atoms with E-state index in [9.17, 15) is 4.79 Å². The number of carbonyl (C=O) groups excluding carboxylic acids is 1. The molecule has 0 saturated heterocycles. The molecule has 104 valence electrons. The molecule has 2 rings (SSSR count). The largest absolute Gasteiger partial charge is 0.382 e. The first-order valence-electron chi connectivity index (χ1n) is 7.04. The number of nitrogens with one attached hydrogen (secondary N) is 3. The number of hydrogen-bond acceptors (Lipinski definition) is 3. The molecule has 0 radical (unpaired) electrons. The Labute approximate surface area is 115 Å². The molecule has 0 bridgehead atoms. The third-order valence-electron chi connectivity index (χ3n) is 3.60. The summed E-state index contributed by atoms with van der Waals surface area (Å²) >= 11 is 0. The molecule has 1 unspecified atom stereocenters. The molecular formula is C15H23N3O. The number of benzene rings is 1. The quantitative estimate of drug-likeness (QED) is 0.781. The van der Waals surface area contributed by atoms with Gasteiger partial charge in [-0.2, -0.15) is 0 Å². The lowest BCUT2D eigenvalue weighted by Crippen LogP contribution is -2.38. The monoisotopic (exact) mass is 261 g/mol. The Morgan fingerprint density at radius 2 is 1.95 bits per heavy atom. The molecule has 4 heteroatoms. The summed E-state index contributed by atoms with van der Waals surface area (Å²) in [5.41, 5.74) is 2.80. The van der Waals surface area contributed by atoms with Gasteiger partial charge in [0.15, 0.2) is 0 Å². The lowest BCUT2D eigenvalue weighted by atomic mass is 10.0. The van der Waals surface area contributed by atoms with Crippen LogP contribution in [0.5, 0.6) is 0 Å². The number of fused-ring (bicyclic) bond motifs is 1. The maximum Gasteiger partial charge on any atom is 0.251 e. The Kier molecular flexibility index (Phi) is 4.30. The molecule has 1 aliphatic heterocycles. The molecule has 3 N–H and O–H groups in total. The number of amides is 1. The van der Waals surface area contributed by atoms with Crippen molar-refractivity contribution in [3.8, 4) is 0 Å². The lowest BCUT2D eigenvalue weighted by Gasteiger charge is -2.23. The first-order chi connectivity index (χ1) is 9.11. The van der Waals surface area contributed by atoms with Crippen molar-refractivity contribution >= 4 is 17.3 Å². The molecule has 4 nitrogen and oxygen atoms in total. The van der Waals surface area contributed by atoms with E-state index in [-0.39, 0.29) is 11.9 Å². The molecule has 0 spiro atoms. The fourth-order valence-electron chi connectivity index (χ4n) is 2.37. The summed E-state index contributed by atoms with van der Waals surface area (Å²) in [6.07, 6.45) is 0.953. The molecule has 1 aliphatic rings. The maximum atomic E-state index is 12.2. The van der Waals surface area contributed by atoms with Gasteiger partial charge in [0.25, 0.3) is 5.91 Å². The van der Waals surface area contributed by atoms with E-state index in [1.807, 2.05) is 18.2 Å². The van der Waals surface area contributed by atoms with Gasteiger partial charge in [-0.15, -0.1) is 0 Å². The normalized spacial score (nSPS) is 15.2. The molecule has 0 saturated carbocycles. The summed E-state index contributed by atoms with van der Waals surface area (Å²) < 4.78 is 0. The van der Waals surface area contributed by atoms with Crippen LogP contribution in [0, 0.1) is 5.92 Å². The van der Waals surface area contributed by atoms with Gasteiger partial charge in [-0.3, -0.25) is 4.79 Å². The smallest absolute Gasteiger partial charge is 0.251 e. The second-order valence-electron chi connectivity index (χ2n) is 5.35. The van der Waals surface area contributed by atoms with Crippen LogP contribution in [0.2, 0.25) is 0 Å². The molecule has 1 atom stereocenters. The van der Waals surface area contributed by atoms with E-state index in [1.165, 1.54) is 0 Å². The Bertz CT molecular complexity index is 457. The van der Waals surface area contributed by atoms with Crippen molar-refractivity contribution in [3.05, 3.63) is 23.8 Å². The molecule has 1 aromatic carbocycles. The van der Waals surface area contributed by atoms with Crippen LogP contribution in [0.4, 0.5) is 11.4 Å². The van der Waals surface area contributed by atoms with Crippen LogP contribution in [0.15, 0.2) is 18.2 Å². The number of rotatable bonds is 4. The van der Waals surface area contributed by atoms with Crippen LogP contribution in [-0.4, -0.2) is 25.0 Å². The van der Waals surface area contributed by atoms with E-state index < -0.39 is 0 Å². The van der Waals surface area contributed by atoms with Gasteiger partial charge < -0.3 is 16.0 Å². The highest BCUT2D eigenvalue weighted by Gasteiger charge is 2.17. The van der Waals surface area contributed by atoms with Gasteiger partial charge in [-0.05, 0) is 30.5 Å². The van der Waals surface area contributed by atoms with E-state index in [4.69, 9.17) is 0 Å². The van der Waals surface area contributed by atoms with E-state index in [0.717, 1.165) is 30.9 Å². The topological polar surface area (TPSA) is 53.2 Å². The summed E-state index contributed by atoms with van der Waals surface area (Å²) in [4.78, 5) is 12.2. The van der Waals surface area contributed by atoms with Crippen molar-refractivity contribution in [3.63, 3.8) is 0 Å². The third kappa shape index (κ3) is 3.19. The number of hydrogen-bond donors (Lipinski definition) is 3. The standard InChI is InChI=1S/C15H23N3O/c1-4-12(10(2)3)18-15(19)11-5-6-13-14(9-11)17-8-7-16-13/h5-6,9-10,12,16-17H,4,7-8H2,1-3H3,(H,18,19). The third-order valence-corrected chi connectivity index (χ3v) is 3.60. The van der Waals surface area contributed by atoms with Crippen molar-refractivity contribution in [2.24, 2.45) is 5.92 Å². The summed E-state index contributed by atoms with van der Waals surface area (Å²) in [6, 6.07) is 5.99. The van der Waals surface area contributed by atoms with E-state index in [0.29, 0.717) is 11.5 Å². The second kappa shape index (κ2) is 5.95. The fraction of sp³-hybridized carbons (Fsp3) is 0.533. The molecule has 0 aliphatic carbocycles. The van der Waals surface area contributed by atoms with Crippen LogP contribution in [-0.2, 0) is 0 Å². The van der Waals surface area contributed by atoms with E-state index >= 15 is 0 Å². The van der Waals surface area contributed by atoms with Gasteiger partial charge in [0.2, 0.25) is 0 Å².